The maximum absolute atomic E-state index is 14.3. The van der Waals surface area contributed by atoms with Gasteiger partial charge in [-0.1, -0.05) is 116 Å². The van der Waals surface area contributed by atoms with E-state index in [0.717, 1.165) is 33.3 Å². The second kappa shape index (κ2) is 15.9. The summed E-state index contributed by atoms with van der Waals surface area (Å²) in [6, 6.07) is 36.4. The number of aliphatic hydroxyl groups excluding tert-OH is 1. The molecule has 2 N–H and O–H groups in total. The number of thiazole rings is 1. The van der Waals surface area contributed by atoms with Gasteiger partial charge in [0.05, 0.1) is 16.3 Å². The third-order valence-corrected chi connectivity index (χ3v) is 10.0. The van der Waals surface area contributed by atoms with E-state index < -0.39 is 29.0 Å². The van der Waals surface area contributed by atoms with E-state index in [2.05, 4.69) is 15.2 Å². The van der Waals surface area contributed by atoms with Gasteiger partial charge in [-0.05, 0) is 35.2 Å². The molecule has 4 unspecified atom stereocenters. The van der Waals surface area contributed by atoms with Crippen molar-refractivity contribution in [2.24, 2.45) is 0 Å². The number of aliphatic hydroxyl groups is 1. The molecule has 0 bridgehead atoms. The number of carbonyl (C=O) groups is 1. The zero-order chi connectivity index (χ0) is 30.7. The molecule has 0 fully saturated rings. The minimum atomic E-state index is -1.31. The van der Waals surface area contributed by atoms with Crippen LogP contribution in [0, 0.1) is 0 Å². The summed E-state index contributed by atoms with van der Waals surface area (Å²) < 4.78 is 14.6. The molecule has 0 aliphatic heterocycles. The molecule has 6 nitrogen and oxygen atoms in total. The molecule has 0 aliphatic carbocycles. The molecule has 1 amide bonds. The van der Waals surface area contributed by atoms with Crippen LogP contribution in [0.1, 0.15) is 47.6 Å². The first-order chi connectivity index (χ1) is 21.5. The Kier molecular flexibility index (Phi) is 11.4. The Hall–Kier alpha value is -3.69. The molecule has 0 spiro atoms. The lowest BCUT2D eigenvalue weighted by molar-refractivity contribution is -0.127. The van der Waals surface area contributed by atoms with Crippen LogP contribution in [0.5, 0.6) is 0 Å². The predicted octanol–water partition coefficient (Wildman–Crippen LogP) is 6.63. The molecular weight excluding hydrogens is 587 g/mol. The summed E-state index contributed by atoms with van der Waals surface area (Å²) in [6.07, 6.45) is 0.401. The van der Waals surface area contributed by atoms with Gasteiger partial charge in [-0.3, -0.25) is 13.9 Å². The van der Waals surface area contributed by atoms with Gasteiger partial charge in [-0.2, -0.15) is 0 Å². The third kappa shape index (κ3) is 8.70. The summed E-state index contributed by atoms with van der Waals surface area (Å²) in [4.78, 5) is 21.1. The van der Waals surface area contributed by atoms with Crippen LogP contribution >= 0.6 is 11.3 Å². The number of fused-ring (bicyclic) bond motifs is 1. The van der Waals surface area contributed by atoms with Crippen LogP contribution in [0.25, 0.3) is 10.2 Å². The van der Waals surface area contributed by atoms with Crippen LogP contribution in [0.3, 0.4) is 0 Å². The number of hydrogen-bond donors (Lipinski definition) is 2. The molecule has 228 valence electrons. The largest absolute Gasteiger partial charge is 0.384 e. The Bertz CT molecular complexity index is 1560. The highest BCUT2D eigenvalue weighted by molar-refractivity contribution is 7.84. The van der Waals surface area contributed by atoms with Gasteiger partial charge in [-0.25, -0.2) is 4.98 Å². The minimum absolute atomic E-state index is 0.163. The average Bonchev–Trinajstić information content (AvgIpc) is 3.49. The monoisotopic (exact) mass is 625 g/mol. The smallest absolute Gasteiger partial charge is 0.238 e. The van der Waals surface area contributed by atoms with E-state index in [-0.39, 0.29) is 11.7 Å². The zero-order valence-electron chi connectivity index (χ0n) is 24.9. The zero-order valence-corrected chi connectivity index (χ0v) is 26.6. The van der Waals surface area contributed by atoms with Crippen molar-refractivity contribution < 1.29 is 14.1 Å². The maximum Gasteiger partial charge on any atom is 0.238 e. The number of carbonyl (C=O) groups excluding carboxylic acids is 1. The van der Waals surface area contributed by atoms with Crippen molar-refractivity contribution >= 4 is 38.3 Å². The summed E-state index contributed by atoms with van der Waals surface area (Å²) >= 11 is 1.45. The number of hydrogen-bond acceptors (Lipinski definition) is 6. The van der Waals surface area contributed by atoms with Crippen LogP contribution in [-0.4, -0.2) is 42.9 Å². The molecule has 8 heteroatoms. The lowest BCUT2D eigenvalue weighted by Gasteiger charge is -2.33. The molecule has 0 saturated heterocycles. The SMILES string of the molecule is CCCC(NC(=O)C(CS(=O)Cc1ccccc1)N(Cc1ccccc1)Cc1ccccc1)C(O)c1nc2ccccc2s1. The highest BCUT2D eigenvalue weighted by Crippen LogP contribution is 2.29. The first-order valence-electron chi connectivity index (χ1n) is 15.0. The van der Waals surface area contributed by atoms with Crippen LogP contribution in [0.4, 0.5) is 0 Å². The lowest BCUT2D eigenvalue weighted by Crippen LogP contribution is -2.53. The summed E-state index contributed by atoms with van der Waals surface area (Å²) in [7, 11) is -1.31. The molecule has 0 saturated carbocycles. The number of rotatable bonds is 15. The number of para-hydroxylation sites is 1. The van der Waals surface area contributed by atoms with E-state index in [9.17, 15) is 14.1 Å². The Morgan fingerprint density at radius 1 is 0.841 bits per heavy atom. The van der Waals surface area contributed by atoms with Crippen molar-refractivity contribution in [3.63, 3.8) is 0 Å². The van der Waals surface area contributed by atoms with Crippen LogP contribution in [0.15, 0.2) is 115 Å². The summed E-state index contributed by atoms with van der Waals surface area (Å²) in [5.41, 5.74) is 3.93. The van der Waals surface area contributed by atoms with Crippen molar-refractivity contribution in [2.75, 3.05) is 5.75 Å². The lowest BCUT2D eigenvalue weighted by atomic mass is 10.0. The molecule has 1 heterocycles. The van der Waals surface area contributed by atoms with Crippen molar-refractivity contribution in [1.82, 2.24) is 15.2 Å². The third-order valence-electron chi connectivity index (χ3n) is 7.59. The van der Waals surface area contributed by atoms with Gasteiger partial charge in [0.1, 0.15) is 17.2 Å². The van der Waals surface area contributed by atoms with Crippen LogP contribution in [-0.2, 0) is 34.4 Å². The van der Waals surface area contributed by atoms with Gasteiger partial charge in [0.25, 0.3) is 0 Å². The average molecular weight is 626 g/mol. The second-order valence-corrected chi connectivity index (χ2v) is 13.6. The molecule has 4 atom stereocenters. The van der Waals surface area contributed by atoms with Gasteiger partial charge in [0.2, 0.25) is 5.91 Å². The number of benzene rings is 4. The standard InChI is InChI=1S/C36H39N3O3S2/c1-2-14-31(34(40)36-38-30-21-12-13-22-33(30)43-36)37-35(41)32(26-44(42)25-29-19-10-5-11-20-29)39(23-27-15-6-3-7-16-27)24-28-17-8-4-9-18-28/h3-13,15-22,31-32,34,40H,2,14,23-26H2,1H3,(H,37,41). The normalized spacial score (nSPS) is 14.2. The molecule has 0 aliphatic rings. The van der Waals surface area contributed by atoms with Crippen molar-refractivity contribution in [1.29, 1.82) is 0 Å². The van der Waals surface area contributed by atoms with Crippen LogP contribution < -0.4 is 5.32 Å². The fraction of sp³-hybridized carbons (Fsp3) is 0.278. The van der Waals surface area contributed by atoms with Gasteiger partial charge in [0, 0.05) is 35.4 Å². The number of nitrogens with zero attached hydrogens (tertiary/aromatic N) is 2. The molecular formula is C36H39N3O3S2. The Morgan fingerprint density at radius 3 is 1.95 bits per heavy atom. The number of aromatic nitrogens is 1. The first-order valence-corrected chi connectivity index (χ1v) is 17.4. The van der Waals surface area contributed by atoms with Gasteiger partial charge >= 0.3 is 0 Å². The van der Waals surface area contributed by atoms with Crippen molar-refractivity contribution in [3.05, 3.63) is 137 Å². The second-order valence-electron chi connectivity index (χ2n) is 11.0. The quantitative estimate of drug-likeness (QED) is 0.136. The molecule has 5 rings (SSSR count). The van der Waals surface area contributed by atoms with E-state index in [1.807, 2.05) is 122 Å². The van der Waals surface area contributed by atoms with Crippen molar-refractivity contribution in [2.45, 2.75) is 56.8 Å². The highest BCUT2D eigenvalue weighted by atomic mass is 32.2. The highest BCUT2D eigenvalue weighted by Gasteiger charge is 2.32. The van der Waals surface area contributed by atoms with Gasteiger partial charge in [-0.15, -0.1) is 11.3 Å². The molecule has 44 heavy (non-hydrogen) atoms. The van der Waals surface area contributed by atoms with E-state index in [4.69, 9.17) is 0 Å². The Balaban J connectivity index is 1.44. The van der Waals surface area contributed by atoms with E-state index in [1.165, 1.54) is 11.3 Å². The summed E-state index contributed by atoms with van der Waals surface area (Å²) in [5.74, 6) is 0.287. The number of nitrogens with one attached hydrogen (secondary N) is 1. The van der Waals surface area contributed by atoms with E-state index in [0.29, 0.717) is 30.3 Å². The first kappa shape index (κ1) is 31.7. The molecule has 4 aromatic carbocycles. The topological polar surface area (TPSA) is 82.5 Å². The van der Waals surface area contributed by atoms with Gasteiger partial charge < -0.3 is 10.4 Å². The van der Waals surface area contributed by atoms with Crippen molar-refractivity contribution in [3.8, 4) is 0 Å². The molecule has 1 aromatic heterocycles. The van der Waals surface area contributed by atoms with E-state index >= 15 is 0 Å². The predicted molar refractivity (Wildman–Crippen MR) is 180 cm³/mol. The van der Waals surface area contributed by atoms with Crippen LogP contribution in [0.2, 0.25) is 0 Å². The Labute approximate surface area is 266 Å². The van der Waals surface area contributed by atoms with Gasteiger partial charge in [0.15, 0.2) is 0 Å². The summed E-state index contributed by atoms with van der Waals surface area (Å²) in [5, 5.41) is 15.3. The molecule has 0 radical (unpaired) electrons. The fourth-order valence-corrected chi connectivity index (χ4v) is 7.76. The molecule has 5 aromatic rings. The van der Waals surface area contributed by atoms with E-state index in [1.54, 1.807) is 0 Å². The minimum Gasteiger partial charge on any atom is -0.384 e. The maximum atomic E-state index is 14.3. The Morgan fingerprint density at radius 2 is 1.39 bits per heavy atom. The fourth-order valence-electron chi connectivity index (χ4n) is 5.34. The number of amides is 1. The summed E-state index contributed by atoms with van der Waals surface area (Å²) in [6.45, 7) is 3.05.